The molecule has 3 rings (SSSR count). The van der Waals surface area contributed by atoms with Gasteiger partial charge in [-0.3, -0.25) is 14.5 Å². The summed E-state index contributed by atoms with van der Waals surface area (Å²) in [6.07, 6.45) is -1.04. The third-order valence-corrected chi connectivity index (χ3v) is 4.67. The number of nitrogens with zero attached hydrogens (tertiary/aromatic N) is 1. The lowest BCUT2D eigenvalue weighted by atomic mass is 9.85. The molecule has 0 aliphatic carbocycles. The number of nitrogens with one attached hydrogen (secondary N) is 1. The van der Waals surface area contributed by atoms with Crippen molar-refractivity contribution in [2.24, 2.45) is 11.7 Å². The Balaban J connectivity index is 2.09. The summed E-state index contributed by atoms with van der Waals surface area (Å²) >= 11 is 0. The number of halogens is 1. The molecule has 3 atom stereocenters. The molecule has 2 aromatic carbocycles. The maximum absolute atomic E-state index is 13.2. The van der Waals surface area contributed by atoms with E-state index in [1.807, 2.05) is 0 Å². The average Bonchev–Trinajstić information content (AvgIpc) is 2.60. The Morgan fingerprint density at radius 1 is 1.19 bits per heavy atom. The minimum absolute atomic E-state index is 0.307. The lowest BCUT2D eigenvalue weighted by Crippen LogP contribution is -2.50. The zero-order valence-corrected chi connectivity index (χ0v) is 14.4. The summed E-state index contributed by atoms with van der Waals surface area (Å²) < 4.78 is 13.2. The molecule has 2 amide bonds. The summed E-state index contributed by atoms with van der Waals surface area (Å²) in [6.45, 7) is 3.16. The second-order valence-corrected chi connectivity index (χ2v) is 6.43. The van der Waals surface area contributed by atoms with E-state index in [1.54, 1.807) is 31.2 Å². The van der Waals surface area contributed by atoms with E-state index in [4.69, 9.17) is 5.73 Å². The van der Waals surface area contributed by atoms with Crippen LogP contribution in [0.5, 0.6) is 0 Å². The summed E-state index contributed by atoms with van der Waals surface area (Å²) in [4.78, 5) is 24.9. The van der Waals surface area contributed by atoms with Crippen molar-refractivity contribution in [3.05, 3.63) is 59.4 Å². The normalized spacial score (nSPS) is 21.8. The predicted octanol–water partition coefficient (Wildman–Crippen LogP) is 2.40. The third-order valence-electron chi connectivity index (χ3n) is 4.67. The number of hydrogen-bond acceptors (Lipinski definition) is 4. The average molecular weight is 357 g/mol. The van der Waals surface area contributed by atoms with Crippen LogP contribution >= 0.6 is 0 Å². The number of rotatable bonds is 3. The molecule has 0 aromatic heterocycles. The van der Waals surface area contributed by atoms with Crippen molar-refractivity contribution in [2.75, 3.05) is 10.2 Å². The Morgan fingerprint density at radius 2 is 1.85 bits per heavy atom. The van der Waals surface area contributed by atoms with Crippen molar-refractivity contribution < 1.29 is 19.1 Å². The highest BCUT2D eigenvalue weighted by atomic mass is 19.1. The molecule has 2 aromatic rings. The Bertz CT molecular complexity index is 854. The summed E-state index contributed by atoms with van der Waals surface area (Å²) in [7, 11) is 0. The first-order chi connectivity index (χ1) is 12.3. The third kappa shape index (κ3) is 3.13. The van der Waals surface area contributed by atoms with Crippen molar-refractivity contribution in [1.29, 1.82) is 0 Å². The van der Waals surface area contributed by atoms with Crippen molar-refractivity contribution in [1.82, 2.24) is 0 Å². The van der Waals surface area contributed by atoms with E-state index >= 15 is 0 Å². The van der Waals surface area contributed by atoms with E-state index in [1.165, 1.54) is 30.0 Å². The van der Waals surface area contributed by atoms with Crippen molar-refractivity contribution in [2.45, 2.75) is 26.1 Å². The number of amides is 2. The van der Waals surface area contributed by atoms with E-state index in [9.17, 15) is 19.1 Å². The number of aliphatic hydroxyl groups is 1. The number of aliphatic hydroxyl groups excluding tert-OH is 1. The largest absolute Gasteiger partial charge is 0.378 e. The van der Waals surface area contributed by atoms with Gasteiger partial charge in [0.2, 0.25) is 11.8 Å². The SMILES string of the molecule is CC(=O)N1c2ccc(C(N)=O)cc2C(Nc2ccc(F)cc2)[C@@H](C)[C@@H]1O. The Hall–Kier alpha value is -2.93. The van der Waals surface area contributed by atoms with Crippen LogP contribution in [-0.4, -0.2) is 23.1 Å². The molecule has 26 heavy (non-hydrogen) atoms. The van der Waals surface area contributed by atoms with Crippen LogP contribution in [0.1, 0.15) is 35.8 Å². The number of anilines is 2. The van der Waals surface area contributed by atoms with Crippen LogP contribution in [0.3, 0.4) is 0 Å². The van der Waals surface area contributed by atoms with Gasteiger partial charge in [-0.25, -0.2) is 4.39 Å². The van der Waals surface area contributed by atoms with Crippen LogP contribution in [-0.2, 0) is 4.79 Å². The maximum Gasteiger partial charge on any atom is 0.248 e. The highest BCUT2D eigenvalue weighted by Crippen LogP contribution is 2.42. The Morgan fingerprint density at radius 3 is 2.42 bits per heavy atom. The molecule has 0 saturated carbocycles. The lowest BCUT2D eigenvalue weighted by Gasteiger charge is -2.43. The minimum Gasteiger partial charge on any atom is -0.378 e. The molecule has 6 nitrogen and oxygen atoms in total. The predicted molar refractivity (Wildman–Crippen MR) is 96.1 cm³/mol. The van der Waals surface area contributed by atoms with Gasteiger partial charge in [-0.05, 0) is 48.0 Å². The quantitative estimate of drug-likeness (QED) is 0.786. The minimum atomic E-state index is -1.04. The zero-order valence-electron chi connectivity index (χ0n) is 14.4. The topological polar surface area (TPSA) is 95.7 Å². The fourth-order valence-corrected chi connectivity index (χ4v) is 3.30. The van der Waals surface area contributed by atoms with E-state index < -0.39 is 18.2 Å². The molecular weight excluding hydrogens is 337 g/mol. The zero-order chi connectivity index (χ0) is 19.0. The number of hydrogen-bond donors (Lipinski definition) is 3. The first-order valence-corrected chi connectivity index (χ1v) is 8.23. The number of benzene rings is 2. The molecule has 1 aliphatic rings. The van der Waals surface area contributed by atoms with Gasteiger partial charge in [-0.2, -0.15) is 0 Å². The second-order valence-electron chi connectivity index (χ2n) is 6.43. The van der Waals surface area contributed by atoms with Crippen LogP contribution in [0, 0.1) is 11.7 Å². The molecule has 136 valence electrons. The highest BCUT2D eigenvalue weighted by molar-refractivity contribution is 5.97. The van der Waals surface area contributed by atoms with Gasteiger partial charge in [0, 0.05) is 24.1 Å². The van der Waals surface area contributed by atoms with Crippen LogP contribution in [0.4, 0.5) is 15.8 Å². The lowest BCUT2D eigenvalue weighted by molar-refractivity contribution is -0.119. The molecule has 0 saturated heterocycles. The van der Waals surface area contributed by atoms with Gasteiger partial charge in [0.25, 0.3) is 0 Å². The number of carbonyl (C=O) groups excluding carboxylic acids is 2. The van der Waals surface area contributed by atoms with Gasteiger partial charge in [0.05, 0.1) is 11.7 Å². The van der Waals surface area contributed by atoms with Gasteiger partial charge in [-0.15, -0.1) is 0 Å². The van der Waals surface area contributed by atoms with E-state index in [0.29, 0.717) is 22.5 Å². The van der Waals surface area contributed by atoms with Gasteiger partial charge in [-0.1, -0.05) is 6.92 Å². The van der Waals surface area contributed by atoms with Crippen molar-refractivity contribution >= 4 is 23.2 Å². The van der Waals surface area contributed by atoms with Crippen LogP contribution in [0.15, 0.2) is 42.5 Å². The first-order valence-electron chi connectivity index (χ1n) is 8.23. The highest BCUT2D eigenvalue weighted by Gasteiger charge is 2.39. The molecule has 7 heteroatoms. The number of carbonyl (C=O) groups is 2. The van der Waals surface area contributed by atoms with Crippen LogP contribution < -0.4 is 16.0 Å². The Kier molecular flexibility index (Phi) is 4.65. The van der Waals surface area contributed by atoms with Crippen molar-refractivity contribution in [3.63, 3.8) is 0 Å². The first kappa shape index (κ1) is 17.9. The number of nitrogens with two attached hydrogens (primary N) is 1. The fourth-order valence-electron chi connectivity index (χ4n) is 3.30. The summed E-state index contributed by atoms with van der Waals surface area (Å²) in [5, 5.41) is 13.9. The molecular formula is C19H20FN3O3. The number of primary amides is 1. The van der Waals surface area contributed by atoms with Gasteiger partial charge < -0.3 is 16.2 Å². The summed E-state index contributed by atoms with van der Waals surface area (Å²) in [6, 6.07) is 10.2. The summed E-state index contributed by atoms with van der Waals surface area (Å²) in [5.74, 6) is -1.63. The Labute approximate surface area is 150 Å². The second kappa shape index (κ2) is 6.76. The standard InChI is InChI=1S/C19H20FN3O3/c1-10-17(22-14-6-4-13(20)5-7-14)15-9-12(18(21)25)3-8-16(15)23(11(2)24)19(10)26/h3-10,17,19,22,26H,1-2H3,(H2,21,25)/t10-,17?,19+/m1/s1. The van der Waals surface area contributed by atoms with E-state index in [0.717, 1.165) is 0 Å². The molecule has 1 heterocycles. The van der Waals surface area contributed by atoms with Gasteiger partial charge >= 0.3 is 0 Å². The molecule has 1 unspecified atom stereocenters. The van der Waals surface area contributed by atoms with Gasteiger partial charge in [0.15, 0.2) is 0 Å². The fraction of sp³-hybridized carbons (Fsp3) is 0.263. The summed E-state index contributed by atoms with van der Waals surface area (Å²) in [5.41, 5.74) is 7.52. The maximum atomic E-state index is 13.2. The monoisotopic (exact) mass is 357 g/mol. The smallest absolute Gasteiger partial charge is 0.248 e. The molecule has 0 fully saturated rings. The van der Waals surface area contributed by atoms with Gasteiger partial charge in [0.1, 0.15) is 12.0 Å². The van der Waals surface area contributed by atoms with E-state index in [-0.39, 0.29) is 17.6 Å². The molecule has 0 radical (unpaired) electrons. The molecule has 1 aliphatic heterocycles. The van der Waals surface area contributed by atoms with Crippen LogP contribution in [0.25, 0.3) is 0 Å². The molecule has 0 spiro atoms. The van der Waals surface area contributed by atoms with Crippen molar-refractivity contribution in [3.8, 4) is 0 Å². The number of fused-ring (bicyclic) bond motifs is 1. The van der Waals surface area contributed by atoms with E-state index in [2.05, 4.69) is 5.32 Å². The molecule has 4 N–H and O–H groups in total. The van der Waals surface area contributed by atoms with Crippen LogP contribution in [0.2, 0.25) is 0 Å². The molecule has 0 bridgehead atoms.